The molecule has 0 aliphatic carbocycles. The lowest BCUT2D eigenvalue weighted by molar-refractivity contribution is -0.142. The van der Waals surface area contributed by atoms with Gasteiger partial charge in [-0.15, -0.1) is 10.2 Å². The summed E-state index contributed by atoms with van der Waals surface area (Å²) < 4.78 is 79.7. The summed E-state index contributed by atoms with van der Waals surface area (Å²) in [6.07, 6.45) is -5.46. The Morgan fingerprint density at radius 3 is 2.28 bits per heavy atom. The lowest BCUT2D eigenvalue weighted by Gasteiger charge is -2.17. The van der Waals surface area contributed by atoms with Crippen LogP contribution in [0.5, 0.6) is 17.4 Å². The van der Waals surface area contributed by atoms with Gasteiger partial charge < -0.3 is 20.5 Å². The van der Waals surface area contributed by atoms with Crippen molar-refractivity contribution in [2.24, 2.45) is 5.73 Å². The molecular weight excluding hydrogens is 491 g/mol. The summed E-state index contributed by atoms with van der Waals surface area (Å²) in [7, 11) is 0. The average molecular weight is 510 g/mol. The van der Waals surface area contributed by atoms with Crippen molar-refractivity contribution in [3.05, 3.63) is 70.4 Å². The fourth-order valence-corrected chi connectivity index (χ4v) is 3.09. The van der Waals surface area contributed by atoms with Gasteiger partial charge in [0.2, 0.25) is 17.5 Å². The molecule has 0 unspecified atom stereocenters. The van der Waals surface area contributed by atoms with E-state index in [9.17, 15) is 31.5 Å². The van der Waals surface area contributed by atoms with Crippen molar-refractivity contribution in [2.75, 3.05) is 5.32 Å². The molecule has 0 saturated heterocycles. The van der Waals surface area contributed by atoms with Gasteiger partial charge in [0.25, 0.3) is 11.8 Å². The van der Waals surface area contributed by atoms with E-state index in [4.69, 9.17) is 15.2 Å². The van der Waals surface area contributed by atoms with Crippen LogP contribution in [0.3, 0.4) is 0 Å². The number of nitrogens with one attached hydrogen (secondary N) is 1. The Labute approximate surface area is 201 Å². The topological polar surface area (TPSA) is 116 Å². The van der Waals surface area contributed by atoms with E-state index in [1.807, 2.05) is 0 Å². The monoisotopic (exact) mass is 510 g/mol. The molecule has 0 saturated carbocycles. The van der Waals surface area contributed by atoms with E-state index in [-0.39, 0.29) is 11.3 Å². The van der Waals surface area contributed by atoms with E-state index >= 15 is 0 Å². The minimum absolute atomic E-state index is 0.0134. The van der Waals surface area contributed by atoms with Crippen LogP contribution in [-0.4, -0.2) is 28.1 Å². The molecule has 0 aliphatic heterocycles. The summed E-state index contributed by atoms with van der Waals surface area (Å²) in [6.45, 7) is 4.12. The minimum Gasteiger partial charge on any atom is -0.488 e. The average Bonchev–Trinajstić information content (AvgIpc) is 2.78. The SMILES string of the molecule is Cc1c(C(F)(F)F)nnc(Oc2ccc(OC(C)C)c(F)c2F)c1C(=O)Nc1cccc(C(N)=O)c1. The van der Waals surface area contributed by atoms with Crippen molar-refractivity contribution in [3.8, 4) is 17.4 Å². The first-order valence-electron chi connectivity index (χ1n) is 10.3. The van der Waals surface area contributed by atoms with E-state index in [2.05, 4.69) is 15.5 Å². The molecule has 0 spiro atoms. The van der Waals surface area contributed by atoms with E-state index in [0.717, 1.165) is 19.1 Å². The predicted octanol–water partition coefficient (Wildman–Crippen LogP) is 5.01. The van der Waals surface area contributed by atoms with Crippen molar-refractivity contribution < 1.29 is 41.0 Å². The molecule has 2 amide bonds. The molecule has 3 rings (SSSR count). The zero-order chi connectivity index (χ0) is 26.8. The minimum atomic E-state index is -4.98. The predicted molar refractivity (Wildman–Crippen MR) is 117 cm³/mol. The Morgan fingerprint density at radius 2 is 1.67 bits per heavy atom. The number of aromatic nitrogens is 2. The Bertz CT molecular complexity index is 1330. The van der Waals surface area contributed by atoms with Crippen LogP contribution in [0.15, 0.2) is 36.4 Å². The molecule has 13 heteroatoms. The number of nitrogens with zero attached hydrogens (tertiary/aromatic N) is 2. The Hall–Kier alpha value is -4.29. The second-order valence-corrected chi connectivity index (χ2v) is 7.71. The highest BCUT2D eigenvalue weighted by atomic mass is 19.4. The number of hydrogen-bond acceptors (Lipinski definition) is 6. The largest absolute Gasteiger partial charge is 0.488 e. The van der Waals surface area contributed by atoms with E-state index in [0.29, 0.717) is 0 Å². The summed E-state index contributed by atoms with van der Waals surface area (Å²) >= 11 is 0. The number of anilines is 1. The molecule has 190 valence electrons. The first kappa shape index (κ1) is 26.3. The lowest BCUT2D eigenvalue weighted by Crippen LogP contribution is -2.21. The zero-order valence-electron chi connectivity index (χ0n) is 19.0. The lowest BCUT2D eigenvalue weighted by atomic mass is 10.1. The molecule has 0 aliphatic rings. The van der Waals surface area contributed by atoms with Crippen molar-refractivity contribution >= 4 is 17.5 Å². The zero-order valence-corrected chi connectivity index (χ0v) is 19.0. The number of halogens is 5. The van der Waals surface area contributed by atoms with Gasteiger partial charge in [0, 0.05) is 11.3 Å². The standard InChI is InChI=1S/C23H19F5N4O4/c1-10(2)35-14-7-8-15(18(25)17(14)24)36-22-16(11(3)19(31-32-22)23(26,27)28)21(34)30-13-6-4-5-12(9-13)20(29)33/h4-10H,1-3H3,(H2,29,33)(H,30,34). The molecule has 1 heterocycles. The Morgan fingerprint density at radius 1 is 1.03 bits per heavy atom. The highest BCUT2D eigenvalue weighted by molar-refractivity contribution is 6.07. The summed E-state index contributed by atoms with van der Waals surface area (Å²) in [5.41, 5.74) is 2.32. The van der Waals surface area contributed by atoms with Crippen LogP contribution in [0, 0.1) is 18.6 Å². The Balaban J connectivity index is 2.06. The first-order valence-corrected chi connectivity index (χ1v) is 10.3. The fourth-order valence-electron chi connectivity index (χ4n) is 3.09. The van der Waals surface area contributed by atoms with Gasteiger partial charge >= 0.3 is 6.18 Å². The van der Waals surface area contributed by atoms with Crippen LogP contribution in [0.25, 0.3) is 0 Å². The summed E-state index contributed by atoms with van der Waals surface area (Å²) in [6, 6.07) is 7.29. The molecule has 1 aromatic heterocycles. The number of benzene rings is 2. The van der Waals surface area contributed by atoms with Gasteiger partial charge in [-0.05, 0) is 56.7 Å². The maximum absolute atomic E-state index is 14.6. The van der Waals surface area contributed by atoms with Crippen molar-refractivity contribution in [3.63, 3.8) is 0 Å². The molecule has 0 atom stereocenters. The third-order valence-corrected chi connectivity index (χ3v) is 4.67. The number of carbonyl (C=O) groups is 2. The maximum Gasteiger partial charge on any atom is 0.435 e. The van der Waals surface area contributed by atoms with Gasteiger partial charge in [0.15, 0.2) is 17.2 Å². The summed E-state index contributed by atoms with van der Waals surface area (Å²) in [4.78, 5) is 24.4. The van der Waals surface area contributed by atoms with Crippen molar-refractivity contribution in [1.82, 2.24) is 10.2 Å². The third-order valence-electron chi connectivity index (χ3n) is 4.67. The molecule has 0 fully saturated rings. The highest BCUT2D eigenvalue weighted by Crippen LogP contribution is 2.36. The maximum atomic E-state index is 14.6. The van der Waals surface area contributed by atoms with Crippen LogP contribution in [0.1, 0.15) is 45.8 Å². The third kappa shape index (κ3) is 5.67. The quantitative estimate of drug-likeness (QED) is 0.432. The van der Waals surface area contributed by atoms with Crippen LogP contribution in [0.2, 0.25) is 0 Å². The normalized spacial score (nSPS) is 11.4. The van der Waals surface area contributed by atoms with E-state index < -0.39 is 69.9 Å². The van der Waals surface area contributed by atoms with Gasteiger partial charge in [-0.3, -0.25) is 9.59 Å². The summed E-state index contributed by atoms with van der Waals surface area (Å²) in [5.74, 6) is -6.90. The van der Waals surface area contributed by atoms with Crippen LogP contribution in [-0.2, 0) is 6.18 Å². The molecular formula is C23H19F5N4O4. The van der Waals surface area contributed by atoms with Crippen LogP contribution >= 0.6 is 0 Å². The number of ether oxygens (including phenoxy) is 2. The number of nitrogens with two attached hydrogens (primary N) is 1. The number of alkyl halides is 3. The molecule has 0 radical (unpaired) electrons. The van der Waals surface area contributed by atoms with Crippen LogP contribution in [0.4, 0.5) is 27.6 Å². The van der Waals surface area contributed by atoms with Gasteiger partial charge in [-0.25, -0.2) is 0 Å². The first-order chi connectivity index (χ1) is 16.8. The highest BCUT2D eigenvalue weighted by Gasteiger charge is 2.38. The number of carbonyl (C=O) groups excluding carboxylic acids is 2. The molecule has 0 bridgehead atoms. The van der Waals surface area contributed by atoms with E-state index in [1.54, 1.807) is 13.8 Å². The van der Waals surface area contributed by atoms with Gasteiger partial charge in [0.05, 0.1) is 6.10 Å². The molecule has 36 heavy (non-hydrogen) atoms. The fraction of sp³-hybridized carbons (Fsp3) is 0.217. The van der Waals surface area contributed by atoms with Gasteiger partial charge in [-0.1, -0.05) is 6.07 Å². The van der Waals surface area contributed by atoms with Gasteiger partial charge in [0.1, 0.15) is 5.56 Å². The van der Waals surface area contributed by atoms with E-state index in [1.165, 1.54) is 24.3 Å². The number of primary amides is 1. The second kappa shape index (κ2) is 10.1. The second-order valence-electron chi connectivity index (χ2n) is 7.71. The smallest absolute Gasteiger partial charge is 0.435 e. The van der Waals surface area contributed by atoms with Crippen molar-refractivity contribution in [1.29, 1.82) is 0 Å². The molecule has 3 aromatic rings. The number of rotatable bonds is 7. The number of hydrogen-bond donors (Lipinski definition) is 2. The molecule has 8 nitrogen and oxygen atoms in total. The Kier molecular flexibility index (Phi) is 7.41. The number of amides is 2. The summed E-state index contributed by atoms with van der Waals surface area (Å²) in [5, 5.41) is 8.67. The van der Waals surface area contributed by atoms with Crippen molar-refractivity contribution in [2.45, 2.75) is 33.1 Å². The molecule has 3 N–H and O–H groups in total. The van der Waals surface area contributed by atoms with Crippen LogP contribution < -0.4 is 20.5 Å². The van der Waals surface area contributed by atoms with Gasteiger partial charge in [-0.2, -0.15) is 22.0 Å². The molecule has 2 aromatic carbocycles.